The summed E-state index contributed by atoms with van der Waals surface area (Å²) in [6.07, 6.45) is 0. The Morgan fingerprint density at radius 3 is 1.36 bits per heavy atom. The number of rotatable bonds is 1. The van der Waals surface area contributed by atoms with Crippen LogP contribution in [0.1, 0.15) is 133 Å². The lowest BCUT2D eigenvalue weighted by Crippen LogP contribution is -1.86. The van der Waals surface area contributed by atoms with Crippen LogP contribution in [0.25, 0.3) is 61.3 Å². The van der Waals surface area contributed by atoms with E-state index in [0.717, 1.165) is 32.3 Å². The van der Waals surface area contributed by atoms with Crippen LogP contribution in [-0.2, 0) is 0 Å². The zero-order chi connectivity index (χ0) is 58.9. The lowest BCUT2D eigenvalue weighted by molar-refractivity contribution is -0.384. The third-order valence-corrected chi connectivity index (χ3v) is 15.5. The van der Waals surface area contributed by atoms with Crippen molar-refractivity contribution in [1.82, 2.24) is 29.9 Å². The average molecular weight is 1160 g/mol. The lowest BCUT2D eigenvalue weighted by Gasteiger charge is -1.97. The standard InChI is InChI=1S/4C9H9NS.C8H7NS.C7H4N2O2S.6C2H6/c1-6-3-8-9(4-7(6)2)11-5-10-8;1-6-3-7(2)9-8(4-6)11-5-10-9;1-6-3-7(2)9-8(4-6)10-5-11-9;1-6-3-4-8-9(7(6)2)10-5-11-8;1-6-2-3-8-7(4-6)9-5-10-8;10-9(11)5-1-2-7-6(3-5)8-4-12-7;6*1-2/h4*3-5H,1-2H3;2-5H,1H3;1-4H;6*1-2H3. The third-order valence-electron chi connectivity index (χ3n) is 10.5. The number of hydrogen-bond acceptors (Lipinski definition) is 14. The van der Waals surface area contributed by atoms with E-state index in [1.54, 1.807) is 68.3 Å². The van der Waals surface area contributed by atoms with E-state index in [9.17, 15) is 10.1 Å². The Labute approximate surface area is 489 Å². The first-order valence-corrected chi connectivity index (χ1v) is 32.0. The number of thiazole rings is 6. The van der Waals surface area contributed by atoms with E-state index in [2.05, 4.69) is 159 Å². The molecule has 12 aromatic rings. The van der Waals surface area contributed by atoms with Gasteiger partial charge in [-0.1, -0.05) is 107 Å². The summed E-state index contributed by atoms with van der Waals surface area (Å²) < 4.78 is 7.42. The SMILES string of the molecule is CC.CC.CC.CC.CC.CC.Cc1cc(C)c2ncsc2c1.Cc1cc(C)c2scnc2c1.Cc1cc2ncsc2cc1C.Cc1ccc2scnc2c1.Cc1ccc2scnc2c1C.O=[N+]([O-])c1ccc2scnc2c1. The Bertz CT molecular complexity index is 3450. The van der Waals surface area contributed by atoms with E-state index < -0.39 is 4.92 Å². The summed E-state index contributed by atoms with van der Waals surface area (Å²) in [4.78, 5) is 35.2. The van der Waals surface area contributed by atoms with Crippen molar-refractivity contribution in [3.8, 4) is 0 Å². The van der Waals surface area contributed by atoms with Crippen molar-refractivity contribution in [2.24, 2.45) is 0 Å². The fourth-order valence-corrected chi connectivity index (χ4v) is 11.2. The van der Waals surface area contributed by atoms with E-state index in [4.69, 9.17) is 0 Å². The molecule has 0 spiro atoms. The molecule has 78 heavy (non-hydrogen) atoms. The quantitative estimate of drug-likeness (QED) is 0.118. The van der Waals surface area contributed by atoms with E-state index in [-0.39, 0.29) is 5.69 Å². The predicted octanol–water partition coefficient (Wildman–Crippen LogP) is 22.6. The number of aromatic nitrogens is 6. The Morgan fingerprint density at radius 1 is 0.333 bits per heavy atom. The molecule has 0 aliphatic carbocycles. The van der Waals surface area contributed by atoms with Gasteiger partial charge in [-0.2, -0.15) is 0 Å². The second-order valence-electron chi connectivity index (χ2n) is 15.6. The zero-order valence-electron chi connectivity index (χ0n) is 49.9. The predicted molar refractivity (Wildman–Crippen MR) is 355 cm³/mol. The fourth-order valence-electron chi connectivity index (χ4n) is 6.83. The van der Waals surface area contributed by atoms with Crippen LogP contribution in [0.3, 0.4) is 0 Å². The number of aryl methyl sites for hydroxylation is 9. The van der Waals surface area contributed by atoms with Gasteiger partial charge in [0.25, 0.3) is 5.69 Å². The molecule has 418 valence electrons. The highest BCUT2D eigenvalue weighted by molar-refractivity contribution is 7.18. The van der Waals surface area contributed by atoms with Crippen LogP contribution in [0, 0.1) is 72.4 Å². The highest BCUT2D eigenvalue weighted by atomic mass is 32.1. The summed E-state index contributed by atoms with van der Waals surface area (Å²) in [6, 6.07) is 28.3. The highest BCUT2D eigenvalue weighted by Gasteiger charge is 2.07. The first-order valence-electron chi connectivity index (χ1n) is 26.7. The van der Waals surface area contributed by atoms with Gasteiger partial charge in [-0.05, 0) is 161 Å². The minimum atomic E-state index is -0.418. The Hall–Kier alpha value is -5.94. The van der Waals surface area contributed by atoms with Crippen LogP contribution in [0.4, 0.5) is 5.69 Å². The van der Waals surface area contributed by atoms with Crippen molar-refractivity contribution < 1.29 is 4.92 Å². The van der Waals surface area contributed by atoms with E-state index in [1.807, 2.05) is 111 Å². The van der Waals surface area contributed by atoms with Gasteiger partial charge in [0.05, 0.1) is 99.3 Å². The highest BCUT2D eigenvalue weighted by Crippen LogP contribution is 2.26. The molecule has 0 saturated heterocycles. The Balaban J connectivity index is 0.000000450. The van der Waals surface area contributed by atoms with Gasteiger partial charge in [-0.15, -0.1) is 68.0 Å². The van der Waals surface area contributed by atoms with Crippen LogP contribution < -0.4 is 0 Å². The maximum Gasteiger partial charge on any atom is 0.271 e. The van der Waals surface area contributed by atoms with Gasteiger partial charge in [0, 0.05) is 12.1 Å². The first kappa shape index (κ1) is 70.1. The first-order chi connectivity index (χ1) is 37.7. The van der Waals surface area contributed by atoms with Crippen molar-refractivity contribution in [3.63, 3.8) is 0 Å². The Kier molecular flexibility index (Phi) is 34.7. The molecule has 9 nitrogen and oxygen atoms in total. The van der Waals surface area contributed by atoms with Gasteiger partial charge in [0.1, 0.15) is 0 Å². The number of hydrogen-bond donors (Lipinski definition) is 0. The van der Waals surface area contributed by atoms with Crippen LogP contribution in [0.5, 0.6) is 0 Å². The third kappa shape index (κ3) is 21.4. The normalized spacial score (nSPS) is 9.45. The fraction of sp³-hybridized carbons (Fsp3) is 0.333. The molecule has 6 heterocycles. The second-order valence-corrected chi connectivity index (χ2v) is 20.9. The van der Waals surface area contributed by atoms with Crippen molar-refractivity contribution in [2.45, 2.75) is 145 Å². The minimum absolute atomic E-state index is 0.0911. The van der Waals surface area contributed by atoms with Gasteiger partial charge in [0.2, 0.25) is 0 Å². The number of non-ortho nitro benzene ring substituents is 1. The van der Waals surface area contributed by atoms with Gasteiger partial charge >= 0.3 is 0 Å². The molecule has 0 fully saturated rings. The molecule has 0 amide bonds. The molecule has 0 aliphatic heterocycles. The minimum Gasteiger partial charge on any atom is -0.258 e. The molecule has 0 radical (unpaired) electrons. The molecule has 0 unspecified atom stereocenters. The molecule has 6 aromatic heterocycles. The molecule has 0 N–H and O–H groups in total. The number of nitro groups is 1. The smallest absolute Gasteiger partial charge is 0.258 e. The number of nitrogens with zero attached hydrogens (tertiary/aromatic N) is 7. The zero-order valence-corrected chi connectivity index (χ0v) is 54.8. The molecule has 6 aromatic carbocycles. The van der Waals surface area contributed by atoms with E-state index in [0.29, 0.717) is 5.52 Å². The molecular weight excluding hydrogens is 1080 g/mol. The number of benzene rings is 6. The molecule has 0 atom stereocenters. The van der Waals surface area contributed by atoms with Crippen molar-refractivity contribution >= 4 is 135 Å². The van der Waals surface area contributed by atoms with Gasteiger partial charge in [-0.25, -0.2) is 29.9 Å². The Morgan fingerprint density at radius 2 is 0.756 bits per heavy atom. The molecule has 0 aliphatic rings. The number of fused-ring (bicyclic) bond motifs is 6. The summed E-state index contributed by atoms with van der Waals surface area (Å²) in [7, 11) is 0. The molecule has 0 saturated carbocycles. The van der Waals surface area contributed by atoms with Crippen LogP contribution >= 0.6 is 68.0 Å². The summed E-state index contributed by atoms with van der Waals surface area (Å²) in [5.41, 5.74) is 29.4. The summed E-state index contributed by atoms with van der Waals surface area (Å²) in [5, 5.41) is 10.3. The molecule has 0 bridgehead atoms. The summed E-state index contributed by atoms with van der Waals surface area (Å²) in [6.45, 7) is 43.0. The molecule has 12 rings (SSSR count). The van der Waals surface area contributed by atoms with Crippen LogP contribution in [0.2, 0.25) is 0 Å². The maximum atomic E-state index is 10.3. The van der Waals surface area contributed by atoms with E-state index in [1.165, 1.54) is 97.0 Å². The van der Waals surface area contributed by atoms with Gasteiger partial charge in [0.15, 0.2) is 0 Å². The molecular formula is C63H83N7O2S6. The van der Waals surface area contributed by atoms with E-state index >= 15 is 0 Å². The molecule has 15 heteroatoms. The maximum absolute atomic E-state index is 10.3. The summed E-state index contributed by atoms with van der Waals surface area (Å²) in [5.74, 6) is 0. The second kappa shape index (κ2) is 38.6. The lowest BCUT2D eigenvalue weighted by atomic mass is 10.1. The van der Waals surface area contributed by atoms with Crippen molar-refractivity contribution in [3.05, 3.63) is 178 Å². The van der Waals surface area contributed by atoms with Gasteiger partial charge in [-0.3, -0.25) is 10.1 Å². The van der Waals surface area contributed by atoms with Crippen LogP contribution in [0.15, 0.2) is 118 Å². The van der Waals surface area contributed by atoms with Gasteiger partial charge < -0.3 is 0 Å². The summed E-state index contributed by atoms with van der Waals surface area (Å²) >= 11 is 9.97. The van der Waals surface area contributed by atoms with Crippen LogP contribution in [-0.4, -0.2) is 34.8 Å². The topological polar surface area (TPSA) is 120 Å². The largest absolute Gasteiger partial charge is 0.271 e. The average Bonchev–Trinajstić information content (AvgIpc) is 4.34. The van der Waals surface area contributed by atoms with Crippen molar-refractivity contribution in [2.75, 3.05) is 0 Å². The number of nitro benzene ring substituents is 1. The monoisotopic (exact) mass is 1160 g/mol. The van der Waals surface area contributed by atoms with Crippen molar-refractivity contribution in [1.29, 1.82) is 0 Å².